The van der Waals surface area contributed by atoms with E-state index in [4.69, 9.17) is 4.74 Å². The van der Waals surface area contributed by atoms with Gasteiger partial charge in [0.2, 0.25) is 0 Å². The number of carbonyl (C=O) groups is 1. The molecule has 3 atom stereocenters. The molecule has 3 aliphatic rings. The van der Waals surface area contributed by atoms with Gasteiger partial charge in [0.25, 0.3) is 5.91 Å². The number of amides is 1. The van der Waals surface area contributed by atoms with Gasteiger partial charge in [-0.2, -0.15) is 5.10 Å². The maximum atomic E-state index is 13.0. The molecule has 1 aromatic carbocycles. The molecule has 1 aliphatic carbocycles. The first kappa shape index (κ1) is 17.9. The van der Waals surface area contributed by atoms with Crippen molar-refractivity contribution in [2.45, 2.75) is 50.3 Å². The van der Waals surface area contributed by atoms with E-state index in [-0.39, 0.29) is 18.1 Å². The fourth-order valence-electron chi connectivity index (χ4n) is 5.07. The number of hydrogen-bond donors (Lipinski definition) is 1. The fraction of sp³-hybridized carbons (Fsp3) is 0.545. The van der Waals surface area contributed by atoms with Gasteiger partial charge < -0.3 is 10.1 Å². The zero-order valence-electron chi connectivity index (χ0n) is 16.4. The van der Waals surface area contributed by atoms with Crippen molar-refractivity contribution in [3.05, 3.63) is 52.8 Å². The molecule has 28 heavy (non-hydrogen) atoms. The van der Waals surface area contributed by atoms with Crippen LogP contribution in [0.1, 0.15) is 52.7 Å². The summed E-state index contributed by atoms with van der Waals surface area (Å²) in [6.45, 7) is 2.51. The van der Waals surface area contributed by atoms with Gasteiger partial charge in [-0.1, -0.05) is 30.3 Å². The van der Waals surface area contributed by atoms with Crippen molar-refractivity contribution < 1.29 is 9.53 Å². The monoisotopic (exact) mass is 380 g/mol. The van der Waals surface area contributed by atoms with Gasteiger partial charge in [-0.25, -0.2) is 0 Å². The maximum absolute atomic E-state index is 13.0. The lowest BCUT2D eigenvalue weighted by atomic mass is 9.95. The number of benzene rings is 1. The van der Waals surface area contributed by atoms with E-state index in [0.717, 1.165) is 62.3 Å². The average Bonchev–Trinajstić information content (AvgIpc) is 3.26. The van der Waals surface area contributed by atoms with Gasteiger partial charge in [0.1, 0.15) is 5.69 Å². The molecule has 1 N–H and O–H groups in total. The average molecular weight is 380 g/mol. The highest BCUT2D eigenvalue weighted by molar-refractivity contribution is 5.94. The second-order valence-electron chi connectivity index (χ2n) is 8.35. The Morgan fingerprint density at radius 1 is 1.18 bits per heavy atom. The van der Waals surface area contributed by atoms with Crippen LogP contribution in [-0.2, 0) is 24.6 Å². The normalized spacial score (nSPS) is 27.2. The highest BCUT2D eigenvalue weighted by Crippen LogP contribution is 2.30. The van der Waals surface area contributed by atoms with Crippen molar-refractivity contribution in [1.82, 2.24) is 20.0 Å². The van der Waals surface area contributed by atoms with Crippen molar-refractivity contribution >= 4 is 5.91 Å². The van der Waals surface area contributed by atoms with Crippen LogP contribution in [-0.4, -0.2) is 52.4 Å². The summed E-state index contributed by atoms with van der Waals surface area (Å²) in [6, 6.07) is 11.0. The van der Waals surface area contributed by atoms with E-state index in [9.17, 15) is 4.79 Å². The minimum atomic E-state index is 0.0310. The first-order valence-electron chi connectivity index (χ1n) is 10.4. The van der Waals surface area contributed by atoms with Crippen LogP contribution >= 0.6 is 0 Å². The Balaban J connectivity index is 1.25. The molecule has 2 aliphatic heterocycles. The summed E-state index contributed by atoms with van der Waals surface area (Å²) in [6.07, 6.45) is 5.36. The first-order valence-corrected chi connectivity index (χ1v) is 10.4. The van der Waals surface area contributed by atoms with Gasteiger partial charge in [0.05, 0.1) is 18.4 Å². The molecular weight excluding hydrogens is 352 g/mol. The molecule has 148 valence electrons. The van der Waals surface area contributed by atoms with Crippen LogP contribution in [0.2, 0.25) is 0 Å². The van der Waals surface area contributed by atoms with Crippen molar-refractivity contribution in [2.75, 3.05) is 19.7 Å². The largest absolute Gasteiger partial charge is 0.371 e. The lowest BCUT2D eigenvalue weighted by Gasteiger charge is -2.35. The van der Waals surface area contributed by atoms with Gasteiger partial charge in [-0.05, 0) is 37.7 Å². The van der Waals surface area contributed by atoms with Crippen LogP contribution in [0.4, 0.5) is 0 Å². The summed E-state index contributed by atoms with van der Waals surface area (Å²) in [5, 5.41) is 7.87. The quantitative estimate of drug-likeness (QED) is 0.887. The molecule has 1 aromatic heterocycles. The summed E-state index contributed by atoms with van der Waals surface area (Å²) in [7, 11) is 1.89. The molecule has 6 nitrogen and oxygen atoms in total. The number of nitrogens with one attached hydrogen (secondary N) is 1. The van der Waals surface area contributed by atoms with E-state index >= 15 is 0 Å². The van der Waals surface area contributed by atoms with Crippen LogP contribution in [0.15, 0.2) is 30.3 Å². The van der Waals surface area contributed by atoms with Crippen LogP contribution in [0.3, 0.4) is 0 Å². The van der Waals surface area contributed by atoms with E-state index in [2.05, 4.69) is 39.6 Å². The number of hydrogen-bond acceptors (Lipinski definition) is 4. The van der Waals surface area contributed by atoms with Gasteiger partial charge in [0, 0.05) is 37.8 Å². The first-order chi connectivity index (χ1) is 13.7. The van der Waals surface area contributed by atoms with Crippen LogP contribution in [0.25, 0.3) is 0 Å². The van der Waals surface area contributed by atoms with Crippen molar-refractivity contribution in [2.24, 2.45) is 7.05 Å². The van der Waals surface area contributed by atoms with Crippen LogP contribution in [0.5, 0.6) is 0 Å². The minimum Gasteiger partial charge on any atom is -0.371 e. The third kappa shape index (κ3) is 3.25. The Morgan fingerprint density at radius 3 is 2.86 bits per heavy atom. The predicted octanol–water partition coefficient (Wildman–Crippen LogP) is 2.24. The number of morpholine rings is 1. The maximum Gasteiger partial charge on any atom is 0.270 e. The molecule has 6 heteroatoms. The van der Waals surface area contributed by atoms with Gasteiger partial charge >= 0.3 is 0 Å². The summed E-state index contributed by atoms with van der Waals surface area (Å²) >= 11 is 0. The van der Waals surface area contributed by atoms with Crippen molar-refractivity contribution in [3.8, 4) is 0 Å². The molecule has 0 saturated carbocycles. The van der Waals surface area contributed by atoms with Crippen molar-refractivity contribution in [3.63, 3.8) is 0 Å². The van der Waals surface area contributed by atoms with Crippen LogP contribution in [0, 0.1) is 0 Å². The summed E-state index contributed by atoms with van der Waals surface area (Å²) in [4.78, 5) is 15.5. The number of carbonyl (C=O) groups excluding carboxylic acids is 1. The molecule has 0 spiro atoms. The molecule has 2 aromatic rings. The predicted molar refractivity (Wildman–Crippen MR) is 106 cm³/mol. The fourth-order valence-corrected chi connectivity index (χ4v) is 5.07. The Kier molecular flexibility index (Phi) is 4.69. The summed E-state index contributed by atoms with van der Waals surface area (Å²) < 4.78 is 7.91. The zero-order valence-corrected chi connectivity index (χ0v) is 16.4. The summed E-state index contributed by atoms with van der Waals surface area (Å²) in [5.74, 6) is 0.0310. The lowest BCUT2D eigenvalue weighted by Crippen LogP contribution is -2.43. The smallest absolute Gasteiger partial charge is 0.270 e. The molecule has 0 unspecified atom stereocenters. The van der Waals surface area contributed by atoms with Gasteiger partial charge in [-0.3, -0.25) is 14.4 Å². The molecule has 1 amide bonds. The van der Waals surface area contributed by atoms with E-state index in [1.165, 1.54) is 12.0 Å². The minimum absolute atomic E-state index is 0.0310. The molecule has 2 saturated heterocycles. The number of nitrogens with zero attached hydrogens (tertiary/aromatic N) is 3. The Hall–Kier alpha value is -2.18. The SMILES string of the molecule is Cn1nc2c(c1C(=O)N[C@@H]1C[C@H]3CO[C@@H](c4ccccc4)CN3C1)CCCC2. The second-order valence-corrected chi connectivity index (χ2v) is 8.35. The Labute approximate surface area is 165 Å². The van der Waals surface area contributed by atoms with E-state index in [0.29, 0.717) is 6.04 Å². The van der Waals surface area contributed by atoms with E-state index < -0.39 is 0 Å². The molecule has 2 fully saturated rings. The third-order valence-corrected chi connectivity index (χ3v) is 6.46. The number of rotatable bonds is 3. The number of aromatic nitrogens is 2. The highest BCUT2D eigenvalue weighted by Gasteiger charge is 2.39. The Bertz CT molecular complexity index is 863. The van der Waals surface area contributed by atoms with E-state index in [1.807, 2.05) is 13.1 Å². The molecular formula is C22H28N4O2. The van der Waals surface area contributed by atoms with E-state index in [1.54, 1.807) is 4.68 Å². The molecule has 3 heterocycles. The highest BCUT2D eigenvalue weighted by atomic mass is 16.5. The standard InChI is InChI=1S/C22H28N4O2/c1-25-21(18-9-5-6-10-19(18)24-25)22(27)23-16-11-17-14-28-20(13-26(17)12-16)15-7-3-2-4-8-15/h2-4,7-8,16-17,20H,5-6,9-14H2,1H3,(H,23,27)/t16-,17+,20-/m1/s1. The molecule has 5 rings (SSSR count). The van der Waals surface area contributed by atoms with Gasteiger partial charge in [0.15, 0.2) is 0 Å². The molecule has 0 bridgehead atoms. The van der Waals surface area contributed by atoms with Crippen LogP contribution < -0.4 is 5.32 Å². The third-order valence-electron chi connectivity index (χ3n) is 6.46. The summed E-state index contributed by atoms with van der Waals surface area (Å²) in [5.41, 5.74) is 4.27. The van der Waals surface area contributed by atoms with Gasteiger partial charge in [-0.15, -0.1) is 0 Å². The zero-order chi connectivity index (χ0) is 19.1. The Morgan fingerprint density at radius 2 is 2.00 bits per heavy atom. The van der Waals surface area contributed by atoms with Crippen molar-refractivity contribution in [1.29, 1.82) is 0 Å². The molecule has 0 radical (unpaired) electrons. The number of aryl methyl sites for hydroxylation is 2. The number of fused-ring (bicyclic) bond motifs is 2. The number of ether oxygens (including phenoxy) is 1. The second kappa shape index (κ2) is 7.33. The lowest BCUT2D eigenvalue weighted by molar-refractivity contribution is -0.0502. The topological polar surface area (TPSA) is 59.4 Å².